The maximum atomic E-state index is 12.6. The third-order valence-corrected chi connectivity index (χ3v) is 5.62. The lowest BCUT2D eigenvalue weighted by Gasteiger charge is -2.23. The Balaban J connectivity index is 1.85. The van der Waals surface area contributed by atoms with Crippen molar-refractivity contribution in [1.82, 2.24) is 15.6 Å². The molecule has 6 nitrogen and oxygen atoms in total. The zero-order chi connectivity index (χ0) is 22.1. The van der Waals surface area contributed by atoms with Gasteiger partial charge in [-0.25, -0.2) is 9.78 Å². The molecule has 2 N–H and O–H groups in total. The Morgan fingerprint density at radius 2 is 1.93 bits per heavy atom. The van der Waals surface area contributed by atoms with Gasteiger partial charge in [0.1, 0.15) is 11.6 Å². The van der Waals surface area contributed by atoms with Gasteiger partial charge in [-0.1, -0.05) is 24.3 Å². The van der Waals surface area contributed by atoms with Gasteiger partial charge in [-0.15, -0.1) is 11.3 Å². The summed E-state index contributed by atoms with van der Waals surface area (Å²) in [6, 6.07) is 7.61. The minimum atomic E-state index is -0.609. The van der Waals surface area contributed by atoms with E-state index in [4.69, 9.17) is 4.74 Å². The molecule has 1 atom stereocenters. The number of benzene rings is 1. The van der Waals surface area contributed by atoms with E-state index >= 15 is 0 Å². The number of thiazole rings is 1. The van der Waals surface area contributed by atoms with E-state index < -0.39 is 17.7 Å². The number of aryl methyl sites for hydroxylation is 1. The maximum absolute atomic E-state index is 12.6. The Morgan fingerprint density at radius 3 is 2.50 bits per heavy atom. The van der Waals surface area contributed by atoms with Crippen molar-refractivity contribution in [3.63, 3.8) is 0 Å². The first kappa shape index (κ1) is 24.2. The Labute approximate surface area is 187 Å². The van der Waals surface area contributed by atoms with Crippen LogP contribution in [0.25, 0.3) is 11.3 Å². The second-order valence-corrected chi connectivity index (χ2v) is 10.0. The average molecular weight is 450 g/mol. The quantitative estimate of drug-likeness (QED) is 0.592. The molecule has 164 valence electrons. The number of alkyl carbamates (subject to hydrolysis) is 1. The van der Waals surface area contributed by atoms with Crippen molar-refractivity contribution in [2.75, 3.05) is 18.6 Å². The van der Waals surface area contributed by atoms with Gasteiger partial charge in [0.05, 0.1) is 10.7 Å². The molecule has 0 radical (unpaired) electrons. The largest absolute Gasteiger partial charge is 0.444 e. The van der Waals surface area contributed by atoms with Crippen LogP contribution in [0.4, 0.5) is 4.79 Å². The van der Waals surface area contributed by atoms with Gasteiger partial charge in [0, 0.05) is 17.5 Å². The smallest absolute Gasteiger partial charge is 0.408 e. The number of thioether (sulfide) groups is 1. The lowest BCUT2D eigenvalue weighted by atomic mass is 10.1. The van der Waals surface area contributed by atoms with Crippen molar-refractivity contribution < 1.29 is 14.3 Å². The standard InChI is InChI=1S/C22H31N3O3S2/c1-15-24-19(14-30-15)17-8-6-16(7-9-17)10-12-23-20(26)18(11-13-29-5)25-21(27)28-22(2,3)4/h6-9,14,18H,10-13H2,1-5H3,(H,23,26)(H,25,27). The highest BCUT2D eigenvalue weighted by Gasteiger charge is 2.23. The third-order valence-electron chi connectivity index (χ3n) is 4.20. The van der Waals surface area contributed by atoms with E-state index in [2.05, 4.69) is 45.3 Å². The third kappa shape index (κ3) is 8.36. The van der Waals surface area contributed by atoms with Crippen molar-refractivity contribution in [2.45, 2.75) is 52.2 Å². The molecule has 30 heavy (non-hydrogen) atoms. The number of amides is 2. The van der Waals surface area contributed by atoms with Crippen LogP contribution >= 0.6 is 23.1 Å². The van der Waals surface area contributed by atoms with Gasteiger partial charge < -0.3 is 15.4 Å². The van der Waals surface area contributed by atoms with Crippen LogP contribution in [0.1, 0.15) is 37.8 Å². The van der Waals surface area contributed by atoms with Gasteiger partial charge in [0.15, 0.2) is 0 Å². The zero-order valence-corrected chi connectivity index (χ0v) is 19.9. The highest BCUT2D eigenvalue weighted by molar-refractivity contribution is 7.98. The molecule has 2 rings (SSSR count). The Bertz CT molecular complexity index is 829. The first-order valence-electron chi connectivity index (χ1n) is 9.95. The van der Waals surface area contributed by atoms with Gasteiger partial charge in [-0.2, -0.15) is 11.8 Å². The van der Waals surface area contributed by atoms with Gasteiger partial charge in [0.25, 0.3) is 0 Å². The summed E-state index contributed by atoms with van der Waals surface area (Å²) in [7, 11) is 0. The summed E-state index contributed by atoms with van der Waals surface area (Å²) in [6.45, 7) is 7.88. The van der Waals surface area contributed by atoms with Crippen molar-refractivity contribution in [1.29, 1.82) is 0 Å². The molecule has 1 heterocycles. The molecule has 1 aromatic heterocycles. The molecule has 0 bridgehead atoms. The molecular weight excluding hydrogens is 418 g/mol. The number of ether oxygens (including phenoxy) is 1. The van der Waals surface area contributed by atoms with Crippen LogP contribution in [0, 0.1) is 6.92 Å². The number of rotatable bonds is 9. The number of hydrogen-bond donors (Lipinski definition) is 2. The van der Waals surface area contributed by atoms with Crippen LogP contribution in [-0.4, -0.2) is 47.2 Å². The SMILES string of the molecule is CSCCC(NC(=O)OC(C)(C)C)C(=O)NCCc1ccc(-c2csc(C)n2)cc1. The highest BCUT2D eigenvalue weighted by Crippen LogP contribution is 2.21. The van der Waals surface area contributed by atoms with Crippen molar-refractivity contribution >= 4 is 35.1 Å². The van der Waals surface area contributed by atoms with Gasteiger partial charge >= 0.3 is 6.09 Å². The molecule has 0 aliphatic rings. The van der Waals surface area contributed by atoms with E-state index in [1.54, 1.807) is 43.9 Å². The van der Waals surface area contributed by atoms with Gasteiger partial charge in [-0.3, -0.25) is 4.79 Å². The molecule has 0 saturated heterocycles. The number of hydrogen-bond acceptors (Lipinski definition) is 6. The van der Waals surface area contributed by atoms with E-state index in [9.17, 15) is 9.59 Å². The minimum absolute atomic E-state index is 0.190. The van der Waals surface area contributed by atoms with Gasteiger partial charge in [-0.05, 0) is 58.1 Å². The van der Waals surface area contributed by atoms with Crippen LogP contribution in [0.2, 0.25) is 0 Å². The molecule has 1 unspecified atom stereocenters. The molecular formula is C22H31N3O3S2. The Morgan fingerprint density at radius 1 is 1.23 bits per heavy atom. The molecule has 0 spiro atoms. The predicted octanol–water partition coefficient (Wildman–Crippen LogP) is 4.42. The summed E-state index contributed by atoms with van der Waals surface area (Å²) in [4.78, 5) is 29.1. The number of nitrogens with zero attached hydrogens (tertiary/aromatic N) is 1. The first-order valence-corrected chi connectivity index (χ1v) is 12.2. The molecule has 2 aromatic rings. The predicted molar refractivity (Wildman–Crippen MR) is 125 cm³/mol. The summed E-state index contributed by atoms with van der Waals surface area (Å²) < 4.78 is 5.28. The minimum Gasteiger partial charge on any atom is -0.444 e. The topological polar surface area (TPSA) is 80.3 Å². The molecule has 0 saturated carbocycles. The average Bonchev–Trinajstić information content (AvgIpc) is 3.10. The summed E-state index contributed by atoms with van der Waals surface area (Å²) in [5, 5.41) is 8.72. The number of carbonyl (C=O) groups excluding carboxylic acids is 2. The van der Waals surface area contributed by atoms with E-state index in [0.717, 1.165) is 27.6 Å². The molecule has 8 heteroatoms. The molecule has 0 fully saturated rings. The van der Waals surface area contributed by atoms with Crippen LogP contribution in [0.15, 0.2) is 29.6 Å². The fourth-order valence-corrected chi connectivity index (χ4v) is 3.84. The summed E-state index contributed by atoms with van der Waals surface area (Å²) in [5.41, 5.74) is 2.60. The van der Waals surface area contributed by atoms with Crippen LogP contribution in [0.3, 0.4) is 0 Å². The summed E-state index contributed by atoms with van der Waals surface area (Å²) in [6.07, 6.45) is 2.66. The fraction of sp³-hybridized carbons (Fsp3) is 0.500. The summed E-state index contributed by atoms with van der Waals surface area (Å²) in [5.74, 6) is 0.579. The number of nitrogens with one attached hydrogen (secondary N) is 2. The lowest BCUT2D eigenvalue weighted by molar-refractivity contribution is -0.123. The molecule has 1 aromatic carbocycles. The molecule has 0 aliphatic carbocycles. The monoisotopic (exact) mass is 449 g/mol. The maximum Gasteiger partial charge on any atom is 0.408 e. The Hall–Kier alpha value is -2.06. The first-order chi connectivity index (χ1) is 14.2. The second-order valence-electron chi connectivity index (χ2n) is 7.97. The lowest BCUT2D eigenvalue weighted by Crippen LogP contribution is -2.48. The van der Waals surface area contributed by atoms with E-state index in [1.807, 2.05) is 13.2 Å². The van der Waals surface area contributed by atoms with E-state index in [-0.39, 0.29) is 5.91 Å². The fourth-order valence-electron chi connectivity index (χ4n) is 2.75. The van der Waals surface area contributed by atoms with Crippen LogP contribution < -0.4 is 10.6 Å². The normalized spacial score (nSPS) is 12.3. The molecule has 2 amide bonds. The van der Waals surface area contributed by atoms with Gasteiger partial charge in [0.2, 0.25) is 5.91 Å². The second kappa shape index (κ2) is 11.4. The Kier molecular flexibility index (Phi) is 9.17. The van der Waals surface area contributed by atoms with E-state index in [1.165, 1.54) is 0 Å². The highest BCUT2D eigenvalue weighted by atomic mass is 32.2. The van der Waals surface area contributed by atoms with E-state index in [0.29, 0.717) is 19.4 Å². The van der Waals surface area contributed by atoms with Crippen molar-refractivity contribution in [2.24, 2.45) is 0 Å². The zero-order valence-electron chi connectivity index (χ0n) is 18.3. The van der Waals surface area contributed by atoms with Crippen molar-refractivity contribution in [3.05, 3.63) is 40.2 Å². The number of carbonyl (C=O) groups is 2. The summed E-state index contributed by atoms with van der Waals surface area (Å²) >= 11 is 3.27. The van der Waals surface area contributed by atoms with Crippen LogP contribution in [-0.2, 0) is 16.0 Å². The number of aromatic nitrogens is 1. The molecule has 0 aliphatic heterocycles. The van der Waals surface area contributed by atoms with Crippen LogP contribution in [0.5, 0.6) is 0 Å². The van der Waals surface area contributed by atoms with Crippen molar-refractivity contribution in [3.8, 4) is 11.3 Å².